The third-order valence-electron chi connectivity index (χ3n) is 4.85. The first-order chi connectivity index (χ1) is 10.1. The van der Waals surface area contributed by atoms with E-state index in [4.69, 9.17) is 0 Å². The predicted octanol–water partition coefficient (Wildman–Crippen LogP) is 4.76. The molecule has 1 atom stereocenters. The van der Waals surface area contributed by atoms with Crippen molar-refractivity contribution in [1.82, 2.24) is 5.32 Å². The van der Waals surface area contributed by atoms with Crippen LogP contribution in [-0.4, -0.2) is 19.6 Å². The first-order valence-corrected chi connectivity index (χ1v) is 8.64. The lowest BCUT2D eigenvalue weighted by atomic mass is 9.85. The number of rotatable bonds is 5. The standard InChI is InChI=1S/C19H32N2/c1-5-17(20-6-2)16-10-7-8-11-18(16)21-14-9-12-19(3,4)13-15-21/h7-8,10-11,17,20H,5-6,9,12-15H2,1-4H3. The summed E-state index contributed by atoms with van der Waals surface area (Å²) in [5.74, 6) is 0. The summed E-state index contributed by atoms with van der Waals surface area (Å²) in [4.78, 5) is 2.62. The zero-order valence-corrected chi connectivity index (χ0v) is 14.3. The van der Waals surface area contributed by atoms with Crippen LogP contribution in [0.2, 0.25) is 0 Å². The smallest absolute Gasteiger partial charge is 0.0414 e. The molecule has 0 saturated carbocycles. The van der Waals surface area contributed by atoms with Crippen molar-refractivity contribution >= 4 is 5.69 Å². The van der Waals surface area contributed by atoms with Crippen molar-refractivity contribution in [2.45, 2.75) is 59.4 Å². The SMILES string of the molecule is CCNC(CC)c1ccccc1N1CCCC(C)(C)CC1. The Morgan fingerprint density at radius 3 is 2.62 bits per heavy atom. The molecular weight excluding hydrogens is 256 g/mol. The number of hydrogen-bond acceptors (Lipinski definition) is 2. The first kappa shape index (κ1) is 16.4. The topological polar surface area (TPSA) is 15.3 Å². The van der Waals surface area contributed by atoms with Crippen LogP contribution in [0.3, 0.4) is 0 Å². The second-order valence-electron chi connectivity index (χ2n) is 7.08. The van der Waals surface area contributed by atoms with Crippen LogP contribution in [0.4, 0.5) is 5.69 Å². The van der Waals surface area contributed by atoms with Gasteiger partial charge in [0.1, 0.15) is 0 Å². The van der Waals surface area contributed by atoms with Gasteiger partial charge in [0.2, 0.25) is 0 Å². The average molecular weight is 288 g/mol. The number of nitrogens with zero attached hydrogens (tertiary/aromatic N) is 1. The summed E-state index contributed by atoms with van der Waals surface area (Å²) in [6.07, 6.45) is 5.08. The second kappa shape index (κ2) is 7.31. The number of hydrogen-bond donors (Lipinski definition) is 1. The molecule has 2 heteroatoms. The summed E-state index contributed by atoms with van der Waals surface area (Å²) in [5.41, 5.74) is 3.42. The number of anilines is 1. The van der Waals surface area contributed by atoms with Gasteiger partial charge >= 0.3 is 0 Å². The lowest BCUT2D eigenvalue weighted by Gasteiger charge is -2.29. The van der Waals surface area contributed by atoms with Crippen molar-refractivity contribution in [2.24, 2.45) is 5.41 Å². The molecule has 0 radical (unpaired) electrons. The molecule has 0 bridgehead atoms. The van der Waals surface area contributed by atoms with Crippen LogP contribution in [-0.2, 0) is 0 Å². The summed E-state index contributed by atoms with van der Waals surface area (Å²) < 4.78 is 0. The zero-order chi connectivity index (χ0) is 15.3. The highest BCUT2D eigenvalue weighted by molar-refractivity contribution is 5.55. The molecule has 1 fully saturated rings. The van der Waals surface area contributed by atoms with Crippen LogP contribution in [0.25, 0.3) is 0 Å². The van der Waals surface area contributed by atoms with Crippen molar-refractivity contribution in [3.63, 3.8) is 0 Å². The Morgan fingerprint density at radius 1 is 1.14 bits per heavy atom. The molecule has 0 amide bonds. The molecule has 2 rings (SSSR count). The van der Waals surface area contributed by atoms with E-state index in [0.717, 1.165) is 13.0 Å². The fourth-order valence-electron chi connectivity index (χ4n) is 3.45. The molecule has 1 N–H and O–H groups in total. The van der Waals surface area contributed by atoms with Crippen molar-refractivity contribution in [2.75, 3.05) is 24.5 Å². The third kappa shape index (κ3) is 4.23. The van der Waals surface area contributed by atoms with Gasteiger partial charge in [-0.1, -0.05) is 45.9 Å². The van der Waals surface area contributed by atoms with Crippen LogP contribution in [0.1, 0.15) is 65.0 Å². The van der Waals surface area contributed by atoms with Crippen LogP contribution >= 0.6 is 0 Å². The summed E-state index contributed by atoms with van der Waals surface area (Å²) in [6.45, 7) is 12.7. The second-order valence-corrected chi connectivity index (χ2v) is 7.08. The zero-order valence-electron chi connectivity index (χ0n) is 14.3. The number of nitrogens with one attached hydrogen (secondary N) is 1. The highest BCUT2D eigenvalue weighted by atomic mass is 15.1. The minimum Gasteiger partial charge on any atom is -0.371 e. The number of benzene rings is 1. The lowest BCUT2D eigenvalue weighted by Crippen LogP contribution is -2.28. The Labute approximate surface area is 130 Å². The fourth-order valence-corrected chi connectivity index (χ4v) is 3.45. The van der Waals surface area contributed by atoms with Crippen molar-refractivity contribution < 1.29 is 0 Å². The van der Waals surface area contributed by atoms with Crippen LogP contribution in [0.5, 0.6) is 0 Å². The Balaban J connectivity index is 2.23. The molecule has 118 valence electrons. The monoisotopic (exact) mass is 288 g/mol. The molecule has 21 heavy (non-hydrogen) atoms. The van der Waals surface area contributed by atoms with Gasteiger partial charge in [0, 0.05) is 24.8 Å². The van der Waals surface area contributed by atoms with Gasteiger partial charge in [0.15, 0.2) is 0 Å². The van der Waals surface area contributed by atoms with E-state index in [0.29, 0.717) is 11.5 Å². The van der Waals surface area contributed by atoms with Gasteiger partial charge in [-0.15, -0.1) is 0 Å². The van der Waals surface area contributed by atoms with E-state index in [1.54, 1.807) is 0 Å². The Bertz CT molecular complexity index is 439. The highest BCUT2D eigenvalue weighted by Crippen LogP contribution is 2.34. The van der Waals surface area contributed by atoms with Gasteiger partial charge in [0.05, 0.1) is 0 Å². The minimum atomic E-state index is 0.475. The van der Waals surface area contributed by atoms with E-state index in [-0.39, 0.29) is 0 Å². The van der Waals surface area contributed by atoms with Crippen LogP contribution < -0.4 is 10.2 Å². The minimum absolute atomic E-state index is 0.475. The molecule has 1 saturated heterocycles. The fraction of sp³-hybridized carbons (Fsp3) is 0.684. The van der Waals surface area contributed by atoms with Gasteiger partial charge in [-0.25, -0.2) is 0 Å². The Morgan fingerprint density at radius 2 is 1.90 bits per heavy atom. The molecule has 1 aliphatic heterocycles. The van der Waals surface area contributed by atoms with Crippen molar-refractivity contribution in [1.29, 1.82) is 0 Å². The summed E-state index contributed by atoms with van der Waals surface area (Å²) in [7, 11) is 0. The van der Waals surface area contributed by atoms with E-state index >= 15 is 0 Å². The first-order valence-electron chi connectivity index (χ1n) is 8.64. The Hall–Kier alpha value is -1.02. The predicted molar refractivity (Wildman–Crippen MR) is 93.0 cm³/mol. The van der Waals surface area contributed by atoms with E-state index in [1.165, 1.54) is 43.6 Å². The molecule has 1 aliphatic rings. The van der Waals surface area contributed by atoms with E-state index in [9.17, 15) is 0 Å². The molecule has 0 spiro atoms. The lowest BCUT2D eigenvalue weighted by molar-refractivity contribution is 0.325. The molecule has 1 unspecified atom stereocenters. The molecule has 0 aromatic heterocycles. The van der Waals surface area contributed by atoms with E-state index < -0.39 is 0 Å². The van der Waals surface area contributed by atoms with Gasteiger partial charge in [-0.05, 0) is 49.3 Å². The highest BCUT2D eigenvalue weighted by Gasteiger charge is 2.25. The maximum atomic E-state index is 3.63. The Kier molecular flexibility index (Phi) is 5.69. The molecule has 0 aliphatic carbocycles. The van der Waals surface area contributed by atoms with Crippen molar-refractivity contribution in [3.05, 3.63) is 29.8 Å². The largest absolute Gasteiger partial charge is 0.371 e. The maximum absolute atomic E-state index is 3.63. The molecule has 1 aromatic carbocycles. The normalized spacial score (nSPS) is 20.1. The quantitative estimate of drug-likeness (QED) is 0.840. The molecule has 1 heterocycles. The van der Waals surface area contributed by atoms with Gasteiger partial charge < -0.3 is 10.2 Å². The van der Waals surface area contributed by atoms with Crippen LogP contribution in [0.15, 0.2) is 24.3 Å². The van der Waals surface area contributed by atoms with Crippen molar-refractivity contribution in [3.8, 4) is 0 Å². The van der Waals surface area contributed by atoms with Gasteiger partial charge in [0.25, 0.3) is 0 Å². The number of para-hydroxylation sites is 1. The molecule has 1 aromatic rings. The van der Waals surface area contributed by atoms with Gasteiger partial charge in [-0.3, -0.25) is 0 Å². The van der Waals surface area contributed by atoms with E-state index in [2.05, 4.69) is 62.2 Å². The van der Waals surface area contributed by atoms with Gasteiger partial charge in [-0.2, -0.15) is 0 Å². The average Bonchev–Trinajstić information content (AvgIpc) is 2.66. The molecular formula is C19H32N2. The molecule has 2 nitrogen and oxygen atoms in total. The summed E-state index contributed by atoms with van der Waals surface area (Å²) in [6, 6.07) is 9.46. The third-order valence-corrected chi connectivity index (χ3v) is 4.85. The maximum Gasteiger partial charge on any atom is 0.0414 e. The van der Waals surface area contributed by atoms with E-state index in [1.807, 2.05) is 0 Å². The summed E-state index contributed by atoms with van der Waals surface area (Å²) >= 11 is 0. The van der Waals surface area contributed by atoms with Crippen LogP contribution in [0, 0.1) is 5.41 Å². The summed E-state index contributed by atoms with van der Waals surface area (Å²) in [5, 5.41) is 3.63.